The van der Waals surface area contributed by atoms with Crippen molar-refractivity contribution in [2.24, 2.45) is 0 Å². The molecule has 0 spiro atoms. The van der Waals surface area contributed by atoms with Crippen LogP contribution < -0.4 is 5.73 Å². The maximum Gasteiger partial charge on any atom is 0.266 e. The smallest absolute Gasteiger partial charge is 0.266 e. The second-order valence-electron chi connectivity index (χ2n) is 6.50. The second-order valence-corrected chi connectivity index (χ2v) is 7.42. The van der Waals surface area contributed by atoms with Gasteiger partial charge >= 0.3 is 0 Å². The first-order valence-corrected chi connectivity index (χ1v) is 9.31. The van der Waals surface area contributed by atoms with E-state index in [9.17, 15) is 4.79 Å². The van der Waals surface area contributed by atoms with Crippen molar-refractivity contribution in [2.45, 2.75) is 76.3 Å². The Kier molecular flexibility index (Phi) is 4.84. The molecule has 3 nitrogen and oxygen atoms in total. The van der Waals surface area contributed by atoms with Crippen LogP contribution in [0.5, 0.6) is 0 Å². The molecule has 21 heavy (non-hydrogen) atoms. The molecule has 0 bridgehead atoms. The first-order chi connectivity index (χ1) is 10.3. The van der Waals surface area contributed by atoms with Crippen LogP contribution in [0.1, 0.15) is 73.9 Å². The van der Waals surface area contributed by atoms with Gasteiger partial charge in [0.05, 0.1) is 5.69 Å². The summed E-state index contributed by atoms with van der Waals surface area (Å²) in [6.07, 6.45) is 12.4. The molecule has 2 fully saturated rings. The SMILES string of the molecule is Nc1ccsc1C(=O)N(C1CCCCC1)C1CCCCC1. The van der Waals surface area contributed by atoms with Gasteiger partial charge in [0, 0.05) is 12.1 Å². The normalized spacial score (nSPS) is 21.3. The molecule has 2 N–H and O–H groups in total. The fourth-order valence-electron chi connectivity index (χ4n) is 3.96. The van der Waals surface area contributed by atoms with E-state index in [1.165, 1.54) is 75.5 Å². The highest BCUT2D eigenvalue weighted by Crippen LogP contribution is 2.33. The van der Waals surface area contributed by atoms with Crippen LogP contribution in [0.25, 0.3) is 0 Å². The Bertz CT molecular complexity index is 455. The standard InChI is InChI=1S/C17H26N2OS/c18-15-11-12-21-16(15)17(20)19(13-7-3-1-4-8-13)14-9-5-2-6-10-14/h11-14H,1-10,18H2. The number of anilines is 1. The highest BCUT2D eigenvalue weighted by Gasteiger charge is 2.34. The van der Waals surface area contributed by atoms with E-state index in [4.69, 9.17) is 5.73 Å². The van der Waals surface area contributed by atoms with E-state index < -0.39 is 0 Å². The second kappa shape index (κ2) is 6.82. The Labute approximate surface area is 131 Å². The van der Waals surface area contributed by atoms with Crippen LogP contribution in [0.15, 0.2) is 11.4 Å². The third-order valence-electron chi connectivity index (χ3n) is 5.06. The van der Waals surface area contributed by atoms with Gasteiger partial charge in [0.25, 0.3) is 5.91 Å². The molecule has 1 heterocycles. The summed E-state index contributed by atoms with van der Waals surface area (Å²) in [5.74, 6) is 0.196. The molecule has 0 radical (unpaired) electrons. The summed E-state index contributed by atoms with van der Waals surface area (Å²) in [5, 5.41) is 1.93. The Hall–Kier alpha value is -1.03. The Morgan fingerprint density at radius 1 is 1.00 bits per heavy atom. The predicted octanol–water partition coefficient (Wildman–Crippen LogP) is 4.44. The average Bonchev–Trinajstić information content (AvgIpc) is 2.96. The molecule has 116 valence electrons. The zero-order valence-corrected chi connectivity index (χ0v) is 13.5. The number of thiophene rings is 1. The predicted molar refractivity (Wildman–Crippen MR) is 88.6 cm³/mol. The summed E-state index contributed by atoms with van der Waals surface area (Å²) in [7, 11) is 0. The number of carbonyl (C=O) groups is 1. The van der Waals surface area contributed by atoms with Gasteiger partial charge in [-0.2, -0.15) is 0 Å². The zero-order valence-electron chi connectivity index (χ0n) is 12.7. The molecule has 3 rings (SSSR count). The van der Waals surface area contributed by atoms with Gasteiger partial charge in [-0.3, -0.25) is 4.79 Å². The van der Waals surface area contributed by atoms with Gasteiger partial charge in [0.2, 0.25) is 0 Å². The van der Waals surface area contributed by atoms with E-state index in [2.05, 4.69) is 4.90 Å². The van der Waals surface area contributed by atoms with Gasteiger partial charge in [-0.15, -0.1) is 11.3 Å². The maximum absolute atomic E-state index is 13.1. The number of rotatable bonds is 3. The lowest BCUT2D eigenvalue weighted by Gasteiger charge is -2.41. The van der Waals surface area contributed by atoms with Crippen LogP contribution in [-0.4, -0.2) is 22.9 Å². The molecule has 2 saturated carbocycles. The van der Waals surface area contributed by atoms with Gasteiger partial charge in [-0.25, -0.2) is 0 Å². The lowest BCUT2D eigenvalue weighted by molar-refractivity contribution is 0.0454. The molecular weight excluding hydrogens is 280 g/mol. The Morgan fingerprint density at radius 2 is 1.52 bits per heavy atom. The van der Waals surface area contributed by atoms with Crippen LogP contribution in [0.2, 0.25) is 0 Å². The lowest BCUT2D eigenvalue weighted by Crippen LogP contribution is -2.48. The minimum absolute atomic E-state index is 0.196. The van der Waals surface area contributed by atoms with Crippen molar-refractivity contribution in [3.05, 3.63) is 16.3 Å². The van der Waals surface area contributed by atoms with Crippen molar-refractivity contribution in [1.29, 1.82) is 0 Å². The quantitative estimate of drug-likeness (QED) is 0.897. The molecule has 2 aliphatic carbocycles. The molecule has 1 aromatic rings. The van der Waals surface area contributed by atoms with E-state index in [0.717, 1.165) is 4.88 Å². The van der Waals surface area contributed by atoms with Crippen molar-refractivity contribution in [1.82, 2.24) is 4.90 Å². The summed E-state index contributed by atoms with van der Waals surface area (Å²) >= 11 is 1.50. The zero-order chi connectivity index (χ0) is 14.7. The van der Waals surface area contributed by atoms with Crippen LogP contribution in [0.3, 0.4) is 0 Å². The third kappa shape index (κ3) is 3.25. The number of nitrogens with two attached hydrogens (primary N) is 1. The number of amides is 1. The first kappa shape index (κ1) is 14.9. The van der Waals surface area contributed by atoms with Crippen molar-refractivity contribution in [3.8, 4) is 0 Å². The molecule has 0 unspecified atom stereocenters. The van der Waals surface area contributed by atoms with E-state index >= 15 is 0 Å². The fourth-order valence-corrected chi connectivity index (χ4v) is 4.72. The van der Waals surface area contributed by atoms with Crippen LogP contribution >= 0.6 is 11.3 Å². The van der Waals surface area contributed by atoms with Crippen LogP contribution in [0, 0.1) is 0 Å². The Morgan fingerprint density at radius 3 is 1.95 bits per heavy atom. The monoisotopic (exact) mass is 306 g/mol. The van der Waals surface area contributed by atoms with Crippen molar-refractivity contribution < 1.29 is 4.79 Å². The van der Waals surface area contributed by atoms with Gasteiger partial charge in [-0.1, -0.05) is 38.5 Å². The van der Waals surface area contributed by atoms with Gasteiger partial charge in [-0.05, 0) is 37.1 Å². The number of hydrogen-bond acceptors (Lipinski definition) is 3. The van der Waals surface area contributed by atoms with Crippen LogP contribution in [-0.2, 0) is 0 Å². The molecule has 2 aliphatic rings. The van der Waals surface area contributed by atoms with Crippen molar-refractivity contribution in [2.75, 3.05) is 5.73 Å². The molecule has 1 amide bonds. The summed E-state index contributed by atoms with van der Waals surface area (Å²) in [6.45, 7) is 0. The molecule has 0 atom stereocenters. The summed E-state index contributed by atoms with van der Waals surface area (Å²) in [6, 6.07) is 2.74. The number of hydrogen-bond donors (Lipinski definition) is 1. The molecule has 0 saturated heterocycles. The topological polar surface area (TPSA) is 46.3 Å². The minimum Gasteiger partial charge on any atom is -0.397 e. The van der Waals surface area contributed by atoms with E-state index in [1.54, 1.807) is 0 Å². The van der Waals surface area contributed by atoms with E-state index in [1.807, 2.05) is 11.4 Å². The Balaban J connectivity index is 1.83. The van der Waals surface area contributed by atoms with Crippen molar-refractivity contribution >= 4 is 22.9 Å². The third-order valence-corrected chi connectivity index (χ3v) is 5.98. The molecule has 0 aromatic carbocycles. The molecule has 1 aromatic heterocycles. The summed E-state index contributed by atoms with van der Waals surface area (Å²) in [4.78, 5) is 16.1. The number of nitrogens with zero attached hydrogens (tertiary/aromatic N) is 1. The molecule has 0 aliphatic heterocycles. The number of nitrogen functional groups attached to an aromatic ring is 1. The highest BCUT2D eigenvalue weighted by molar-refractivity contribution is 7.12. The van der Waals surface area contributed by atoms with Gasteiger partial charge < -0.3 is 10.6 Å². The largest absolute Gasteiger partial charge is 0.397 e. The maximum atomic E-state index is 13.1. The van der Waals surface area contributed by atoms with Crippen LogP contribution in [0.4, 0.5) is 5.69 Å². The van der Waals surface area contributed by atoms with Gasteiger partial charge in [0.1, 0.15) is 4.88 Å². The van der Waals surface area contributed by atoms with E-state index in [0.29, 0.717) is 17.8 Å². The molecule has 4 heteroatoms. The minimum atomic E-state index is 0.196. The first-order valence-electron chi connectivity index (χ1n) is 8.43. The van der Waals surface area contributed by atoms with Gasteiger partial charge in [0.15, 0.2) is 0 Å². The van der Waals surface area contributed by atoms with Crippen molar-refractivity contribution in [3.63, 3.8) is 0 Å². The lowest BCUT2D eigenvalue weighted by atomic mass is 9.88. The average molecular weight is 306 g/mol. The highest BCUT2D eigenvalue weighted by atomic mass is 32.1. The number of carbonyl (C=O) groups excluding carboxylic acids is 1. The summed E-state index contributed by atoms with van der Waals surface area (Å²) in [5.41, 5.74) is 6.66. The van der Waals surface area contributed by atoms with E-state index in [-0.39, 0.29) is 5.91 Å². The fraction of sp³-hybridized carbons (Fsp3) is 0.706. The molecular formula is C17H26N2OS. The summed E-state index contributed by atoms with van der Waals surface area (Å²) < 4.78 is 0.